The number of aryl methyl sites for hydroxylation is 4. The van der Waals surface area contributed by atoms with Gasteiger partial charge in [0.1, 0.15) is 0 Å². The number of nitrogens with zero attached hydrogens (tertiary/aromatic N) is 4. The molecule has 1 saturated heterocycles. The summed E-state index contributed by atoms with van der Waals surface area (Å²) in [6.45, 7) is 14.0. The summed E-state index contributed by atoms with van der Waals surface area (Å²) < 4.78 is 4.37. The zero-order valence-corrected chi connectivity index (χ0v) is 24.6. The van der Waals surface area contributed by atoms with E-state index < -0.39 is 0 Å². The molecule has 1 heterocycles. The van der Waals surface area contributed by atoms with Crippen LogP contribution in [0.3, 0.4) is 0 Å². The summed E-state index contributed by atoms with van der Waals surface area (Å²) >= 11 is 0. The molecule has 36 heavy (non-hydrogen) atoms. The average molecular weight is 538 g/mol. The van der Waals surface area contributed by atoms with E-state index >= 15 is 0 Å². The van der Waals surface area contributed by atoms with E-state index in [0.29, 0.717) is 0 Å². The van der Waals surface area contributed by atoms with E-state index in [4.69, 9.17) is 9.98 Å². The Kier molecular flexibility index (Phi) is 14.3. The number of carbonyl (C=O) groups excluding carboxylic acids is 1. The van der Waals surface area contributed by atoms with Gasteiger partial charge in [0.05, 0.1) is 24.4 Å². The number of carbonyl (C=O) groups is 1. The van der Waals surface area contributed by atoms with Crippen LogP contribution in [-0.4, -0.2) is 61.7 Å². The second-order valence-corrected chi connectivity index (χ2v) is 9.23. The van der Waals surface area contributed by atoms with Crippen LogP contribution in [0.1, 0.15) is 42.5 Å². The largest absolute Gasteiger partial charge is 0.469 e. The van der Waals surface area contributed by atoms with Crippen molar-refractivity contribution >= 4 is 29.0 Å². The van der Waals surface area contributed by atoms with Crippen molar-refractivity contribution < 1.29 is 26.0 Å². The van der Waals surface area contributed by atoms with Crippen molar-refractivity contribution in [2.75, 3.05) is 34.3 Å². The summed E-state index contributed by atoms with van der Waals surface area (Å²) in [4.78, 5) is 25.0. The second kappa shape index (κ2) is 15.5. The molecule has 0 amide bonds. The van der Waals surface area contributed by atoms with Crippen molar-refractivity contribution in [1.82, 2.24) is 9.80 Å². The molecule has 0 radical (unpaired) electrons. The van der Waals surface area contributed by atoms with Crippen LogP contribution in [0.2, 0.25) is 0 Å². The zero-order chi connectivity index (χ0) is 25.4. The van der Waals surface area contributed by atoms with E-state index in [1.807, 2.05) is 0 Å². The molecule has 1 aliphatic heterocycles. The normalized spacial score (nSPS) is 15.5. The number of rotatable bonds is 3. The predicted octanol–water partition coefficient (Wildman–Crippen LogP) is 6.21. The Morgan fingerprint density at radius 1 is 0.806 bits per heavy atom. The molecule has 3 rings (SSSR count). The summed E-state index contributed by atoms with van der Waals surface area (Å²) in [5, 5.41) is 0. The van der Waals surface area contributed by atoms with E-state index in [1.54, 1.807) is 13.8 Å². The Bertz CT molecular complexity index is 949. The molecule has 1 fully saturated rings. The fraction of sp³-hybridized carbons (Fsp3) is 0.448. The third-order valence-corrected chi connectivity index (χ3v) is 5.90. The van der Waals surface area contributed by atoms with Crippen LogP contribution in [0, 0.1) is 41.0 Å². The topological polar surface area (TPSA) is 57.5 Å². The van der Waals surface area contributed by atoms with Gasteiger partial charge in [-0.15, -0.1) is 0 Å². The molecule has 1 aliphatic rings. The molecule has 7 heteroatoms. The third kappa shape index (κ3) is 8.78. The van der Waals surface area contributed by atoms with Crippen molar-refractivity contribution in [1.29, 1.82) is 0 Å². The van der Waals surface area contributed by atoms with Gasteiger partial charge in [0, 0.05) is 43.7 Å². The Balaban J connectivity index is 0.00000120. The van der Waals surface area contributed by atoms with Gasteiger partial charge in [0.15, 0.2) is 11.7 Å². The first-order valence-electron chi connectivity index (χ1n) is 11.9. The van der Waals surface area contributed by atoms with E-state index in [-0.39, 0.29) is 35.8 Å². The Morgan fingerprint density at radius 2 is 1.14 bits per heavy atom. The van der Waals surface area contributed by atoms with Crippen LogP contribution < -0.4 is 0 Å². The standard InChI is InChI=1S/C23H30N4.C5H10O2.CH3.Ni/c1-16-10-7-11-17(2)20(16)24-22-23(27(6)15-9-14-26(22)5)25-21-18(3)12-8-13-19(21)4;1-4(2)5(6)7-3;;/h7-8,10-13H,9,14-15H2,1-6H3;4H,1-3H3;1H3;/q;;-1;. The molecule has 0 spiro atoms. The first-order chi connectivity index (χ1) is 16.1. The van der Waals surface area contributed by atoms with Crippen molar-refractivity contribution in [2.45, 2.75) is 48.0 Å². The molecule has 0 aromatic heterocycles. The number of benzene rings is 2. The van der Waals surface area contributed by atoms with Crippen LogP contribution in [0.15, 0.2) is 46.4 Å². The van der Waals surface area contributed by atoms with E-state index in [9.17, 15) is 4.79 Å². The molecule has 0 bridgehead atoms. The van der Waals surface area contributed by atoms with E-state index in [2.05, 4.69) is 92.7 Å². The number of methoxy groups -OCH3 is 1. The van der Waals surface area contributed by atoms with Crippen molar-refractivity contribution in [3.8, 4) is 0 Å². The van der Waals surface area contributed by atoms with Gasteiger partial charge >= 0.3 is 5.97 Å². The number of ether oxygens (including phenoxy) is 1. The second-order valence-electron chi connectivity index (χ2n) is 9.23. The molecule has 0 saturated carbocycles. The van der Waals surface area contributed by atoms with Gasteiger partial charge in [0.2, 0.25) is 0 Å². The summed E-state index contributed by atoms with van der Waals surface area (Å²) in [6.07, 6.45) is 1.09. The maximum atomic E-state index is 10.3. The fourth-order valence-corrected chi connectivity index (χ4v) is 3.78. The van der Waals surface area contributed by atoms with Crippen LogP contribution in [0.5, 0.6) is 0 Å². The molecule has 2 aromatic rings. The quantitative estimate of drug-likeness (QED) is 0.265. The van der Waals surface area contributed by atoms with Crippen molar-refractivity contribution in [3.63, 3.8) is 0 Å². The smallest absolute Gasteiger partial charge is 0.308 e. The summed E-state index contributed by atoms with van der Waals surface area (Å²) in [7, 11) is 5.62. The molecule has 0 unspecified atom stereocenters. The van der Waals surface area contributed by atoms with E-state index in [1.165, 1.54) is 29.4 Å². The molecular formula is C29H43N4NiO2-. The van der Waals surface area contributed by atoms with Gasteiger partial charge in [0.25, 0.3) is 0 Å². The molecular weight excluding hydrogens is 495 g/mol. The molecule has 0 atom stereocenters. The maximum absolute atomic E-state index is 10.3. The van der Waals surface area contributed by atoms with Gasteiger partial charge in [-0.25, -0.2) is 9.98 Å². The molecule has 0 aliphatic carbocycles. The number of aliphatic imine (C=N–C) groups is 2. The van der Waals surface area contributed by atoms with Crippen LogP contribution in [-0.2, 0) is 26.0 Å². The first kappa shape index (κ1) is 33.3. The summed E-state index contributed by atoms with van der Waals surface area (Å²) in [6, 6.07) is 12.7. The molecule has 2 aromatic carbocycles. The minimum absolute atomic E-state index is 0. The fourth-order valence-electron chi connectivity index (χ4n) is 3.78. The molecule has 0 N–H and O–H groups in total. The van der Waals surface area contributed by atoms with Gasteiger partial charge in [-0.1, -0.05) is 50.2 Å². The van der Waals surface area contributed by atoms with E-state index in [0.717, 1.165) is 42.6 Å². The van der Waals surface area contributed by atoms with Crippen LogP contribution in [0.4, 0.5) is 11.4 Å². The zero-order valence-electron chi connectivity index (χ0n) is 23.6. The number of para-hydroxylation sites is 2. The monoisotopic (exact) mass is 537 g/mol. The minimum Gasteiger partial charge on any atom is -0.469 e. The summed E-state index contributed by atoms with van der Waals surface area (Å²) in [5.74, 6) is 1.73. The predicted molar refractivity (Wildman–Crippen MR) is 149 cm³/mol. The number of hydrogen-bond donors (Lipinski definition) is 0. The molecule has 202 valence electrons. The Labute approximate surface area is 228 Å². The minimum atomic E-state index is -0.153. The molecule has 6 nitrogen and oxygen atoms in total. The first-order valence-corrected chi connectivity index (χ1v) is 11.9. The van der Waals surface area contributed by atoms with Crippen molar-refractivity contribution in [3.05, 3.63) is 66.1 Å². The van der Waals surface area contributed by atoms with Crippen LogP contribution in [0.25, 0.3) is 0 Å². The van der Waals surface area contributed by atoms with Gasteiger partial charge < -0.3 is 22.0 Å². The maximum Gasteiger partial charge on any atom is 0.308 e. The number of hydrogen-bond acceptors (Lipinski definition) is 4. The van der Waals surface area contributed by atoms with Crippen LogP contribution >= 0.6 is 0 Å². The number of esters is 1. The van der Waals surface area contributed by atoms with Gasteiger partial charge in [-0.3, -0.25) is 4.79 Å². The number of likely N-dealkylation sites (N-methyl/N-ethyl adjacent to an activating group) is 2. The van der Waals surface area contributed by atoms with Gasteiger partial charge in [-0.05, 0) is 56.4 Å². The van der Waals surface area contributed by atoms with Gasteiger partial charge in [-0.2, -0.15) is 0 Å². The SMILES string of the molecule is COC(=O)C(C)C.Cc1cccc(C)c1N=C1C(=Nc2c(C)cccc2C)N(C)CCCN1C.[CH3-].[Ni]. The third-order valence-electron chi connectivity index (χ3n) is 5.90. The van der Waals surface area contributed by atoms with Crippen molar-refractivity contribution in [2.24, 2.45) is 15.9 Å². The Morgan fingerprint density at radius 3 is 1.39 bits per heavy atom. The summed E-state index contributed by atoms with van der Waals surface area (Å²) in [5.41, 5.74) is 6.85. The average Bonchev–Trinajstić information content (AvgIpc) is 2.91. The Hall–Kier alpha value is -2.66. The number of amidine groups is 2.